The Bertz CT molecular complexity index is 910. The number of ether oxygens (including phenoxy) is 2. The zero-order valence-corrected chi connectivity index (χ0v) is 18.8. The molecule has 1 saturated heterocycles. The summed E-state index contributed by atoms with van der Waals surface area (Å²) in [5.41, 5.74) is 5.12. The molecule has 2 heterocycles. The molecular weight excluding hydrogens is 421 g/mol. The number of para-hydroxylation sites is 1. The first-order valence-corrected chi connectivity index (χ1v) is 10.0. The second kappa shape index (κ2) is 12.2. The summed E-state index contributed by atoms with van der Waals surface area (Å²) in [6.45, 7) is 6.33. The van der Waals surface area contributed by atoms with Gasteiger partial charge in [-0.3, -0.25) is 4.90 Å². The van der Waals surface area contributed by atoms with E-state index in [1.807, 2.05) is 0 Å². The van der Waals surface area contributed by atoms with Gasteiger partial charge in [-0.25, -0.2) is 0 Å². The third kappa shape index (κ3) is 6.13. The molecular formula is C23H29Cl2N3O2-2. The molecule has 1 aliphatic rings. The Morgan fingerprint density at radius 3 is 2.67 bits per heavy atom. The lowest BCUT2D eigenvalue weighted by Gasteiger charge is -2.27. The van der Waals surface area contributed by atoms with Gasteiger partial charge in [-0.1, -0.05) is 24.3 Å². The Balaban J connectivity index is 0.00000160. The number of methoxy groups -OCH3 is 1. The van der Waals surface area contributed by atoms with Gasteiger partial charge < -0.3 is 44.6 Å². The maximum Gasteiger partial charge on any atom is 0.123 e. The molecule has 164 valence electrons. The number of hydrogen-bond acceptors (Lipinski definition) is 4. The minimum absolute atomic E-state index is 0. The van der Waals surface area contributed by atoms with Gasteiger partial charge in [-0.05, 0) is 42.3 Å². The average molecular weight is 450 g/mol. The van der Waals surface area contributed by atoms with E-state index in [-0.39, 0.29) is 24.8 Å². The minimum Gasteiger partial charge on any atom is -1.00 e. The van der Waals surface area contributed by atoms with Crippen molar-refractivity contribution in [1.82, 2.24) is 15.2 Å². The van der Waals surface area contributed by atoms with Gasteiger partial charge in [0.25, 0.3) is 0 Å². The van der Waals surface area contributed by atoms with Crippen molar-refractivity contribution in [3.05, 3.63) is 65.4 Å². The smallest absolute Gasteiger partial charge is 0.123 e. The lowest BCUT2D eigenvalue weighted by molar-refractivity contribution is -0.00100. The van der Waals surface area contributed by atoms with Crippen LogP contribution in [-0.4, -0.2) is 49.8 Å². The van der Waals surface area contributed by atoms with E-state index in [2.05, 4.69) is 63.9 Å². The van der Waals surface area contributed by atoms with Crippen molar-refractivity contribution in [2.24, 2.45) is 0 Å². The number of rotatable bonds is 8. The molecule has 0 amide bonds. The van der Waals surface area contributed by atoms with Gasteiger partial charge in [-0.15, -0.1) is 0 Å². The summed E-state index contributed by atoms with van der Waals surface area (Å²) in [7, 11) is 1.75. The van der Waals surface area contributed by atoms with Crippen LogP contribution >= 0.6 is 0 Å². The monoisotopic (exact) mass is 449 g/mol. The molecule has 2 N–H and O–H groups in total. The summed E-state index contributed by atoms with van der Waals surface area (Å²) < 4.78 is 11.0. The molecule has 0 bridgehead atoms. The largest absolute Gasteiger partial charge is 1.00 e. The van der Waals surface area contributed by atoms with Crippen LogP contribution in [0.15, 0.2) is 48.7 Å². The molecule has 1 aromatic heterocycles. The number of hydrogen-bond donors (Lipinski definition) is 2. The van der Waals surface area contributed by atoms with Crippen molar-refractivity contribution in [1.29, 1.82) is 0 Å². The first kappa shape index (κ1) is 24.5. The van der Waals surface area contributed by atoms with E-state index in [4.69, 9.17) is 9.47 Å². The number of halogens is 2. The predicted octanol–water partition coefficient (Wildman–Crippen LogP) is -2.65. The molecule has 0 unspecified atom stereocenters. The van der Waals surface area contributed by atoms with E-state index in [1.54, 1.807) is 7.11 Å². The van der Waals surface area contributed by atoms with Gasteiger partial charge in [0, 0.05) is 48.8 Å². The average Bonchev–Trinajstić information content (AvgIpc) is 3.15. The maximum absolute atomic E-state index is 5.58. The van der Waals surface area contributed by atoms with Crippen molar-refractivity contribution in [2.45, 2.75) is 19.5 Å². The van der Waals surface area contributed by atoms with Crippen molar-refractivity contribution in [3.8, 4) is 5.75 Å². The number of aromatic nitrogens is 1. The molecule has 1 aliphatic heterocycles. The lowest BCUT2D eigenvalue weighted by atomic mass is 10.1. The molecule has 3 aromatic rings. The second-order valence-electron chi connectivity index (χ2n) is 7.32. The van der Waals surface area contributed by atoms with Gasteiger partial charge >= 0.3 is 0 Å². The summed E-state index contributed by atoms with van der Waals surface area (Å²) in [6, 6.07) is 15.0. The fourth-order valence-corrected chi connectivity index (χ4v) is 3.86. The first-order valence-electron chi connectivity index (χ1n) is 10.0. The van der Waals surface area contributed by atoms with Crippen LogP contribution in [0.25, 0.3) is 10.9 Å². The Kier molecular flexibility index (Phi) is 9.95. The maximum atomic E-state index is 5.58. The van der Waals surface area contributed by atoms with Gasteiger partial charge in [0.2, 0.25) is 0 Å². The number of nitrogens with zero attached hydrogens (tertiary/aromatic N) is 1. The van der Waals surface area contributed by atoms with Crippen LogP contribution in [-0.2, 0) is 24.2 Å². The minimum atomic E-state index is 0. The fourth-order valence-electron chi connectivity index (χ4n) is 3.86. The number of nitrogens with one attached hydrogen (secondary N) is 2. The summed E-state index contributed by atoms with van der Waals surface area (Å²) >= 11 is 0. The zero-order chi connectivity index (χ0) is 19.2. The predicted molar refractivity (Wildman–Crippen MR) is 113 cm³/mol. The quantitative estimate of drug-likeness (QED) is 0.369. The van der Waals surface area contributed by atoms with E-state index in [0.29, 0.717) is 0 Å². The summed E-state index contributed by atoms with van der Waals surface area (Å²) in [4.78, 5) is 5.78. The summed E-state index contributed by atoms with van der Waals surface area (Å²) in [6.07, 6.45) is 3.14. The van der Waals surface area contributed by atoms with Gasteiger partial charge in [0.05, 0.1) is 20.3 Å². The van der Waals surface area contributed by atoms with Crippen LogP contribution in [0.5, 0.6) is 5.75 Å². The third-order valence-corrected chi connectivity index (χ3v) is 5.42. The normalized spacial score (nSPS) is 14.2. The molecule has 0 spiro atoms. The van der Waals surface area contributed by atoms with Crippen molar-refractivity contribution < 1.29 is 34.3 Å². The fraction of sp³-hybridized carbons (Fsp3) is 0.391. The highest BCUT2D eigenvalue weighted by Gasteiger charge is 2.14. The molecule has 0 atom stereocenters. The van der Waals surface area contributed by atoms with Crippen LogP contribution in [0.2, 0.25) is 0 Å². The molecule has 1 fully saturated rings. The van der Waals surface area contributed by atoms with Crippen LogP contribution in [0.3, 0.4) is 0 Å². The van der Waals surface area contributed by atoms with Crippen LogP contribution in [0.1, 0.15) is 16.7 Å². The second-order valence-corrected chi connectivity index (χ2v) is 7.32. The molecule has 0 radical (unpaired) electrons. The molecule has 0 aliphatic carbocycles. The first-order chi connectivity index (χ1) is 13.8. The van der Waals surface area contributed by atoms with Crippen molar-refractivity contribution >= 4 is 10.9 Å². The number of aromatic amines is 1. The molecule has 30 heavy (non-hydrogen) atoms. The Morgan fingerprint density at radius 1 is 1.07 bits per heavy atom. The summed E-state index contributed by atoms with van der Waals surface area (Å²) in [5.74, 6) is 0.967. The topological polar surface area (TPSA) is 49.5 Å². The van der Waals surface area contributed by atoms with E-state index in [9.17, 15) is 0 Å². The number of benzene rings is 2. The standard InChI is InChI=1S/C23H29N3O2.2ClH/c1-27-23-7-6-18(14-20(23)17-26-10-12-28-13-11-26)15-24-9-8-19-16-25-22-5-3-2-4-21(19)22;;/h2-7,14,16,24-25H,8-13,15,17H2,1H3;2*1H/p-2. The van der Waals surface area contributed by atoms with E-state index < -0.39 is 0 Å². The van der Waals surface area contributed by atoms with E-state index in [0.717, 1.165) is 58.1 Å². The Labute approximate surface area is 191 Å². The zero-order valence-electron chi connectivity index (χ0n) is 17.3. The SMILES string of the molecule is COc1ccc(CNCCc2c[nH]c3ccccc23)cc1CN1CCOCC1.[Cl-].[Cl-]. The van der Waals surface area contributed by atoms with Gasteiger partial charge in [0.15, 0.2) is 0 Å². The van der Waals surface area contributed by atoms with Crippen molar-refractivity contribution in [2.75, 3.05) is 40.0 Å². The van der Waals surface area contributed by atoms with Crippen LogP contribution < -0.4 is 34.9 Å². The molecule has 7 heteroatoms. The number of fused-ring (bicyclic) bond motifs is 1. The Morgan fingerprint density at radius 2 is 1.87 bits per heavy atom. The lowest BCUT2D eigenvalue weighted by Crippen LogP contribution is -3.00. The Hall–Kier alpha value is -1.76. The highest BCUT2D eigenvalue weighted by atomic mass is 35.5. The van der Waals surface area contributed by atoms with Crippen LogP contribution in [0, 0.1) is 0 Å². The number of morpholine rings is 1. The van der Waals surface area contributed by atoms with Crippen LogP contribution in [0.4, 0.5) is 0 Å². The van der Waals surface area contributed by atoms with Gasteiger partial charge in [-0.2, -0.15) is 0 Å². The highest BCUT2D eigenvalue weighted by molar-refractivity contribution is 5.83. The summed E-state index contributed by atoms with van der Waals surface area (Å²) in [5, 5.41) is 4.91. The van der Waals surface area contributed by atoms with Gasteiger partial charge in [0.1, 0.15) is 5.75 Å². The van der Waals surface area contributed by atoms with E-state index >= 15 is 0 Å². The molecule has 5 nitrogen and oxygen atoms in total. The number of H-pyrrole nitrogens is 1. The molecule has 2 aromatic carbocycles. The van der Waals surface area contributed by atoms with Crippen molar-refractivity contribution in [3.63, 3.8) is 0 Å². The third-order valence-electron chi connectivity index (χ3n) is 5.42. The molecule has 4 rings (SSSR count). The highest BCUT2D eigenvalue weighted by Crippen LogP contribution is 2.22. The molecule has 0 saturated carbocycles. The van der Waals surface area contributed by atoms with E-state index in [1.165, 1.54) is 27.6 Å².